The first-order valence-corrected chi connectivity index (χ1v) is 8.57. The fraction of sp³-hybridized carbons (Fsp3) is 0.250. The quantitative estimate of drug-likeness (QED) is 0.656. The second-order valence-corrected chi connectivity index (χ2v) is 6.56. The van der Waals surface area contributed by atoms with Crippen LogP contribution in [0.15, 0.2) is 36.4 Å². The minimum atomic E-state index is -2.98. The van der Waals surface area contributed by atoms with Crippen LogP contribution < -0.4 is 5.32 Å². The molecule has 0 fully saturated rings. The summed E-state index contributed by atoms with van der Waals surface area (Å²) >= 11 is 6.15. The highest BCUT2D eigenvalue weighted by atomic mass is 35.5. The Morgan fingerprint density at radius 3 is 2.79 bits per heavy atom. The summed E-state index contributed by atoms with van der Waals surface area (Å²) in [4.78, 5) is 36.8. The van der Waals surface area contributed by atoms with Gasteiger partial charge in [0.1, 0.15) is 23.4 Å². The first-order chi connectivity index (χ1) is 14.8. The second-order valence-electron chi connectivity index (χ2n) is 6.15. The molecular formula is C20H18ClNO6. The predicted octanol–water partition coefficient (Wildman–Crippen LogP) is 2.57. The van der Waals surface area contributed by atoms with Crippen LogP contribution in [0.1, 0.15) is 44.2 Å². The van der Waals surface area contributed by atoms with E-state index in [-0.39, 0.29) is 17.0 Å². The van der Waals surface area contributed by atoms with Crippen molar-refractivity contribution in [2.75, 3.05) is 0 Å². The molecule has 8 heteroatoms. The fourth-order valence-electron chi connectivity index (χ4n) is 2.89. The number of rotatable bonds is 5. The molecule has 3 rings (SSSR count). The highest BCUT2D eigenvalue weighted by Gasteiger charge is 2.33. The third-order valence-electron chi connectivity index (χ3n) is 4.24. The number of carboxylic acid groups (broad SMARTS) is 1. The van der Waals surface area contributed by atoms with Crippen LogP contribution in [-0.4, -0.2) is 40.2 Å². The Bertz CT molecular complexity index is 1090. The molecule has 2 aromatic carbocycles. The third kappa shape index (κ3) is 3.94. The lowest BCUT2D eigenvalue weighted by Gasteiger charge is -2.24. The van der Waals surface area contributed by atoms with E-state index >= 15 is 0 Å². The van der Waals surface area contributed by atoms with Gasteiger partial charge in [-0.05, 0) is 24.0 Å². The number of carboxylic acids is 1. The molecule has 7 nitrogen and oxygen atoms in total. The number of hydrogen-bond donors (Lipinski definition) is 3. The van der Waals surface area contributed by atoms with Gasteiger partial charge in [-0.1, -0.05) is 41.9 Å². The number of cyclic esters (lactones) is 1. The van der Waals surface area contributed by atoms with Crippen molar-refractivity contribution in [2.24, 2.45) is 0 Å². The lowest BCUT2D eigenvalue weighted by molar-refractivity contribution is -0.139. The zero-order valence-corrected chi connectivity index (χ0v) is 15.1. The zero-order chi connectivity index (χ0) is 23.8. The molecule has 1 aliphatic heterocycles. The van der Waals surface area contributed by atoms with E-state index in [0.717, 1.165) is 6.07 Å². The normalized spacial score (nSPS) is 21.8. The van der Waals surface area contributed by atoms with Crippen LogP contribution in [0.3, 0.4) is 0 Å². The van der Waals surface area contributed by atoms with Crippen LogP contribution in [0.4, 0.5) is 0 Å². The van der Waals surface area contributed by atoms with E-state index in [9.17, 15) is 24.6 Å². The third-order valence-corrected chi connectivity index (χ3v) is 4.58. The van der Waals surface area contributed by atoms with Gasteiger partial charge in [-0.2, -0.15) is 0 Å². The van der Waals surface area contributed by atoms with Crippen LogP contribution in [0.2, 0.25) is 5.02 Å². The van der Waals surface area contributed by atoms with Crippen molar-refractivity contribution in [1.29, 1.82) is 0 Å². The van der Waals surface area contributed by atoms with Crippen molar-refractivity contribution < 1.29 is 34.8 Å². The lowest BCUT2D eigenvalue weighted by Crippen LogP contribution is -2.42. The van der Waals surface area contributed by atoms with Gasteiger partial charge in [-0.15, -0.1) is 0 Å². The van der Waals surface area contributed by atoms with Crippen molar-refractivity contribution >= 4 is 29.4 Å². The summed E-state index contributed by atoms with van der Waals surface area (Å²) in [6, 6.07) is 8.19. The molecule has 2 atom stereocenters. The van der Waals surface area contributed by atoms with Gasteiger partial charge >= 0.3 is 11.9 Å². The van der Waals surface area contributed by atoms with E-state index in [4.69, 9.17) is 21.8 Å². The monoisotopic (exact) mass is 407 g/mol. The number of aliphatic carboxylic acids is 1. The number of carbonyl (C=O) groups excluding carboxylic acids is 2. The summed E-state index contributed by atoms with van der Waals surface area (Å²) in [5.74, 6) is -4.50. The number of ether oxygens (including phenoxy) is 1. The lowest BCUT2D eigenvalue weighted by atomic mass is 9.95. The maximum atomic E-state index is 12.7. The minimum absolute atomic E-state index is 0.0384. The highest BCUT2D eigenvalue weighted by molar-refractivity contribution is 6.32. The van der Waals surface area contributed by atoms with E-state index in [1.165, 1.54) is 0 Å². The van der Waals surface area contributed by atoms with E-state index in [1.807, 2.05) is 0 Å². The molecule has 0 saturated heterocycles. The number of aromatic hydroxyl groups is 1. The number of hydrogen-bond acceptors (Lipinski definition) is 5. The van der Waals surface area contributed by atoms with Gasteiger partial charge < -0.3 is 20.3 Å². The van der Waals surface area contributed by atoms with Crippen LogP contribution in [-0.2, 0) is 22.4 Å². The molecule has 1 aliphatic rings. The average molecular weight is 408 g/mol. The number of fused-ring (bicyclic) bond motifs is 1. The molecule has 0 unspecified atom stereocenters. The number of esters is 1. The SMILES string of the molecule is [2H]C([2H])([2H])[C@]1([2H])Cc2c(Cl)cc(C(=O)N[C@@H](Cc3ccccc3)C(=O)O)c(O)c2C(=O)O1. The Kier molecular flexibility index (Phi) is 4.21. The number of phenols is 1. The fourth-order valence-corrected chi connectivity index (χ4v) is 3.16. The van der Waals surface area contributed by atoms with Gasteiger partial charge in [0.2, 0.25) is 0 Å². The van der Waals surface area contributed by atoms with Crippen molar-refractivity contribution in [3.63, 3.8) is 0 Å². The van der Waals surface area contributed by atoms with Crippen molar-refractivity contribution in [3.8, 4) is 5.75 Å². The number of phenolic OH excluding ortho intramolecular Hbond substituents is 1. The maximum Gasteiger partial charge on any atom is 0.342 e. The van der Waals surface area contributed by atoms with Gasteiger partial charge in [0.25, 0.3) is 5.91 Å². The summed E-state index contributed by atoms with van der Waals surface area (Å²) in [6.45, 7) is -2.98. The minimum Gasteiger partial charge on any atom is -0.506 e. The molecule has 1 heterocycles. The molecule has 0 aromatic heterocycles. The Balaban J connectivity index is 1.94. The van der Waals surface area contributed by atoms with Crippen molar-refractivity contribution in [3.05, 3.63) is 63.7 Å². The van der Waals surface area contributed by atoms with Gasteiger partial charge in [0.05, 0.1) is 6.93 Å². The largest absolute Gasteiger partial charge is 0.506 e. The Labute approximate surface area is 171 Å². The van der Waals surface area contributed by atoms with E-state index in [0.29, 0.717) is 5.56 Å². The van der Waals surface area contributed by atoms with E-state index in [2.05, 4.69) is 5.32 Å². The number of amides is 1. The van der Waals surface area contributed by atoms with E-state index < -0.39 is 60.1 Å². The molecule has 28 heavy (non-hydrogen) atoms. The van der Waals surface area contributed by atoms with Crippen LogP contribution in [0.5, 0.6) is 5.75 Å². The van der Waals surface area contributed by atoms with Gasteiger partial charge in [-0.3, -0.25) is 4.79 Å². The number of halogens is 1. The number of carbonyl (C=O) groups is 3. The summed E-state index contributed by atoms with van der Waals surface area (Å²) < 4.78 is 35.1. The highest BCUT2D eigenvalue weighted by Crippen LogP contribution is 2.36. The standard InChI is InChI=1S/C20H18ClNO6/c1-10-7-12-14(21)9-13(17(23)16(12)20(27)28-10)18(24)22-15(19(25)26)8-11-5-3-2-4-6-11/h2-6,9-10,15,23H,7-8H2,1H3,(H,22,24)(H,25,26)/t10-,15+/m1/s1/i1D3,10D. The molecule has 1 amide bonds. The van der Waals surface area contributed by atoms with E-state index in [1.54, 1.807) is 30.3 Å². The van der Waals surface area contributed by atoms with Crippen LogP contribution in [0.25, 0.3) is 0 Å². The Morgan fingerprint density at radius 2 is 2.14 bits per heavy atom. The maximum absolute atomic E-state index is 12.7. The Morgan fingerprint density at radius 1 is 1.43 bits per heavy atom. The molecule has 0 aliphatic carbocycles. The first kappa shape index (κ1) is 14.9. The van der Waals surface area contributed by atoms with Gasteiger partial charge in [0, 0.05) is 22.0 Å². The molecule has 0 saturated carbocycles. The predicted molar refractivity (Wildman–Crippen MR) is 101 cm³/mol. The van der Waals surface area contributed by atoms with Crippen molar-refractivity contribution in [2.45, 2.75) is 31.8 Å². The molecular weight excluding hydrogens is 386 g/mol. The summed E-state index contributed by atoms with van der Waals surface area (Å²) in [7, 11) is 0. The number of benzene rings is 2. The van der Waals surface area contributed by atoms with Gasteiger partial charge in [0.15, 0.2) is 0 Å². The second kappa shape index (κ2) is 7.90. The average Bonchev–Trinajstić information content (AvgIpc) is 2.69. The van der Waals surface area contributed by atoms with Crippen LogP contribution >= 0.6 is 11.6 Å². The molecule has 0 bridgehead atoms. The summed E-state index contributed by atoms with van der Waals surface area (Å²) in [5.41, 5.74) is -0.531. The van der Waals surface area contributed by atoms with Crippen LogP contribution in [0, 0.1) is 0 Å². The topological polar surface area (TPSA) is 113 Å². The number of nitrogens with one attached hydrogen (secondary N) is 1. The molecule has 0 radical (unpaired) electrons. The van der Waals surface area contributed by atoms with Gasteiger partial charge in [-0.25, -0.2) is 9.59 Å². The molecule has 146 valence electrons. The molecule has 3 N–H and O–H groups in total. The first-order valence-electron chi connectivity index (χ1n) is 10.2. The van der Waals surface area contributed by atoms with Crippen molar-refractivity contribution in [1.82, 2.24) is 5.32 Å². The summed E-state index contributed by atoms with van der Waals surface area (Å²) in [6.07, 6.45) is -3.28. The molecule has 2 aromatic rings. The molecule has 0 spiro atoms. The smallest absolute Gasteiger partial charge is 0.342 e. The summed E-state index contributed by atoms with van der Waals surface area (Å²) in [5, 5.41) is 22.1. The Hall–Kier alpha value is -3.06. The zero-order valence-electron chi connectivity index (χ0n) is 18.4.